The minimum Gasteiger partial charge on any atom is -0.354 e. The largest absolute Gasteiger partial charge is 0.354 e. The molecular weight excluding hydrogens is 328 g/mol. The Morgan fingerprint density at radius 3 is 2.79 bits per heavy atom. The van der Waals surface area contributed by atoms with Gasteiger partial charge in [-0.05, 0) is 37.3 Å². The second-order valence-electron chi connectivity index (χ2n) is 5.37. The molecule has 1 aromatic carbocycles. The van der Waals surface area contributed by atoms with E-state index in [-0.39, 0.29) is 12.5 Å². The Labute approximate surface area is 144 Å². The molecule has 2 aromatic heterocycles. The van der Waals surface area contributed by atoms with Crippen LogP contribution in [0, 0.1) is 6.92 Å². The van der Waals surface area contributed by atoms with Crippen LogP contribution in [0.4, 0.5) is 0 Å². The first-order valence-electron chi connectivity index (χ1n) is 7.54. The summed E-state index contributed by atoms with van der Waals surface area (Å²) in [5.41, 5.74) is 1.78. The number of halogens is 1. The van der Waals surface area contributed by atoms with Gasteiger partial charge >= 0.3 is 0 Å². The molecular formula is C16H17ClN6O. The smallest absolute Gasteiger partial charge is 0.241 e. The van der Waals surface area contributed by atoms with E-state index in [2.05, 4.69) is 25.6 Å². The number of aromatic nitrogens is 5. The molecule has 0 bridgehead atoms. The van der Waals surface area contributed by atoms with E-state index in [0.717, 1.165) is 17.1 Å². The van der Waals surface area contributed by atoms with Gasteiger partial charge in [0, 0.05) is 29.7 Å². The summed E-state index contributed by atoms with van der Waals surface area (Å²) < 4.78 is 1.61. The quantitative estimate of drug-likeness (QED) is 0.715. The van der Waals surface area contributed by atoms with Crippen LogP contribution < -0.4 is 5.32 Å². The lowest BCUT2D eigenvalue weighted by molar-refractivity contribution is -0.121. The molecule has 8 heteroatoms. The van der Waals surface area contributed by atoms with E-state index in [9.17, 15) is 4.79 Å². The summed E-state index contributed by atoms with van der Waals surface area (Å²) in [5, 5.41) is 14.8. The summed E-state index contributed by atoms with van der Waals surface area (Å²) in [7, 11) is 0. The van der Waals surface area contributed by atoms with Crippen molar-refractivity contribution in [1.29, 1.82) is 0 Å². The highest BCUT2D eigenvalue weighted by atomic mass is 35.5. The fourth-order valence-electron chi connectivity index (χ4n) is 2.21. The number of nitrogens with zero attached hydrogens (tertiary/aromatic N) is 4. The minimum absolute atomic E-state index is 0.0875. The SMILES string of the molecule is Cc1ccn(CC(=O)NCCc2nc(-c3ccc(Cl)cc3)n[nH]2)n1. The molecule has 2 heterocycles. The van der Waals surface area contributed by atoms with E-state index in [4.69, 9.17) is 11.6 Å². The van der Waals surface area contributed by atoms with Gasteiger partial charge in [-0.15, -0.1) is 0 Å². The van der Waals surface area contributed by atoms with Crippen molar-refractivity contribution >= 4 is 17.5 Å². The van der Waals surface area contributed by atoms with Gasteiger partial charge in [-0.3, -0.25) is 14.6 Å². The molecule has 24 heavy (non-hydrogen) atoms. The molecule has 0 saturated heterocycles. The highest BCUT2D eigenvalue weighted by molar-refractivity contribution is 6.30. The van der Waals surface area contributed by atoms with Crippen LogP contribution in [0.25, 0.3) is 11.4 Å². The molecule has 0 aliphatic rings. The van der Waals surface area contributed by atoms with E-state index < -0.39 is 0 Å². The molecule has 2 N–H and O–H groups in total. The predicted molar refractivity (Wildman–Crippen MR) is 90.5 cm³/mol. The van der Waals surface area contributed by atoms with Gasteiger partial charge < -0.3 is 5.32 Å². The first kappa shape index (κ1) is 16.2. The van der Waals surface area contributed by atoms with Crippen molar-refractivity contribution in [2.24, 2.45) is 0 Å². The topological polar surface area (TPSA) is 88.5 Å². The number of hydrogen-bond donors (Lipinski definition) is 2. The van der Waals surface area contributed by atoms with Crippen LogP contribution in [-0.2, 0) is 17.8 Å². The van der Waals surface area contributed by atoms with Crippen molar-refractivity contribution in [1.82, 2.24) is 30.3 Å². The second-order valence-corrected chi connectivity index (χ2v) is 5.80. The fourth-order valence-corrected chi connectivity index (χ4v) is 2.34. The van der Waals surface area contributed by atoms with Gasteiger partial charge in [0.05, 0.1) is 5.69 Å². The Kier molecular flexibility index (Phi) is 4.90. The maximum atomic E-state index is 11.8. The number of H-pyrrole nitrogens is 1. The normalized spacial score (nSPS) is 10.8. The molecule has 0 radical (unpaired) electrons. The molecule has 0 unspecified atom stereocenters. The number of nitrogens with one attached hydrogen (secondary N) is 2. The Morgan fingerprint density at radius 1 is 1.29 bits per heavy atom. The number of aryl methyl sites for hydroxylation is 1. The summed E-state index contributed by atoms with van der Waals surface area (Å²) in [6.45, 7) is 2.57. The van der Waals surface area contributed by atoms with Gasteiger partial charge in [0.2, 0.25) is 5.91 Å². The number of aromatic amines is 1. The van der Waals surface area contributed by atoms with Crippen LogP contribution in [0.15, 0.2) is 36.5 Å². The van der Waals surface area contributed by atoms with Crippen molar-refractivity contribution in [3.05, 3.63) is 53.1 Å². The van der Waals surface area contributed by atoms with Gasteiger partial charge in [0.1, 0.15) is 12.4 Å². The summed E-state index contributed by atoms with van der Waals surface area (Å²) in [5.74, 6) is 1.24. The molecule has 1 amide bonds. The average molecular weight is 345 g/mol. The number of rotatable bonds is 6. The summed E-state index contributed by atoms with van der Waals surface area (Å²) >= 11 is 5.87. The van der Waals surface area contributed by atoms with E-state index in [1.54, 1.807) is 23.0 Å². The first-order valence-corrected chi connectivity index (χ1v) is 7.92. The lowest BCUT2D eigenvalue weighted by atomic mass is 10.2. The lowest BCUT2D eigenvalue weighted by Crippen LogP contribution is -2.29. The first-order chi connectivity index (χ1) is 11.6. The van der Waals surface area contributed by atoms with Crippen LogP contribution >= 0.6 is 11.6 Å². The number of carbonyl (C=O) groups is 1. The average Bonchev–Trinajstić information content (AvgIpc) is 3.17. The van der Waals surface area contributed by atoms with Gasteiger partial charge in [0.15, 0.2) is 5.82 Å². The number of benzene rings is 1. The third-order valence-electron chi connectivity index (χ3n) is 3.40. The predicted octanol–water partition coefficient (Wildman–Crippen LogP) is 1.99. The molecule has 3 rings (SSSR count). The lowest BCUT2D eigenvalue weighted by Gasteiger charge is -2.03. The molecule has 3 aromatic rings. The number of amides is 1. The van der Waals surface area contributed by atoms with Gasteiger partial charge in [0.25, 0.3) is 0 Å². The van der Waals surface area contributed by atoms with Crippen molar-refractivity contribution in [2.45, 2.75) is 19.9 Å². The second kappa shape index (κ2) is 7.27. The Balaban J connectivity index is 1.48. The molecule has 0 atom stereocenters. The summed E-state index contributed by atoms with van der Waals surface area (Å²) in [4.78, 5) is 16.3. The van der Waals surface area contributed by atoms with Crippen LogP contribution in [0.1, 0.15) is 11.5 Å². The van der Waals surface area contributed by atoms with Crippen molar-refractivity contribution in [3.8, 4) is 11.4 Å². The molecule has 7 nitrogen and oxygen atoms in total. The fraction of sp³-hybridized carbons (Fsp3) is 0.250. The molecule has 0 aliphatic carbocycles. The van der Waals surface area contributed by atoms with E-state index in [0.29, 0.717) is 23.8 Å². The molecule has 0 spiro atoms. The summed E-state index contributed by atoms with van der Waals surface area (Å²) in [6, 6.07) is 9.18. The van der Waals surface area contributed by atoms with Gasteiger partial charge in [-0.1, -0.05) is 11.6 Å². The zero-order valence-corrected chi connectivity index (χ0v) is 13.9. The van der Waals surface area contributed by atoms with Crippen LogP contribution in [0.5, 0.6) is 0 Å². The molecule has 124 valence electrons. The highest BCUT2D eigenvalue weighted by Crippen LogP contribution is 2.17. The van der Waals surface area contributed by atoms with E-state index >= 15 is 0 Å². The van der Waals surface area contributed by atoms with E-state index in [1.807, 2.05) is 25.1 Å². The zero-order chi connectivity index (χ0) is 16.9. The number of carbonyl (C=O) groups excluding carboxylic acids is 1. The molecule has 0 fully saturated rings. The van der Waals surface area contributed by atoms with Crippen molar-refractivity contribution < 1.29 is 4.79 Å². The third-order valence-corrected chi connectivity index (χ3v) is 3.65. The third kappa shape index (κ3) is 4.20. The minimum atomic E-state index is -0.0875. The maximum Gasteiger partial charge on any atom is 0.241 e. The van der Waals surface area contributed by atoms with Crippen molar-refractivity contribution in [2.75, 3.05) is 6.54 Å². The Hall–Kier alpha value is -2.67. The van der Waals surface area contributed by atoms with Crippen LogP contribution in [0.3, 0.4) is 0 Å². The summed E-state index contributed by atoms with van der Waals surface area (Å²) in [6.07, 6.45) is 2.36. The standard InChI is InChI=1S/C16H17ClN6O/c1-11-7-9-23(22-11)10-15(24)18-8-6-14-19-16(21-20-14)12-2-4-13(17)5-3-12/h2-5,7,9H,6,8,10H2,1H3,(H,18,24)(H,19,20,21). The molecule has 0 aliphatic heterocycles. The Bertz CT molecular complexity index is 823. The number of hydrogen-bond acceptors (Lipinski definition) is 4. The van der Waals surface area contributed by atoms with Crippen LogP contribution in [0.2, 0.25) is 5.02 Å². The van der Waals surface area contributed by atoms with Gasteiger partial charge in [-0.25, -0.2) is 4.98 Å². The van der Waals surface area contributed by atoms with Crippen LogP contribution in [-0.4, -0.2) is 37.4 Å². The Morgan fingerprint density at radius 2 is 2.08 bits per heavy atom. The monoisotopic (exact) mass is 344 g/mol. The van der Waals surface area contributed by atoms with Gasteiger partial charge in [-0.2, -0.15) is 10.2 Å². The van der Waals surface area contributed by atoms with Crippen molar-refractivity contribution in [3.63, 3.8) is 0 Å². The molecule has 0 saturated carbocycles. The maximum absolute atomic E-state index is 11.8. The zero-order valence-electron chi connectivity index (χ0n) is 13.2. The van der Waals surface area contributed by atoms with E-state index in [1.165, 1.54) is 0 Å². The highest BCUT2D eigenvalue weighted by Gasteiger charge is 2.07.